The molecule has 3 N–H and O–H groups in total. The van der Waals surface area contributed by atoms with Crippen LogP contribution in [0.4, 0.5) is 14.9 Å². The first-order chi connectivity index (χ1) is 9.47. The second-order valence-corrected chi connectivity index (χ2v) is 5.06. The summed E-state index contributed by atoms with van der Waals surface area (Å²) in [5, 5.41) is 14.1. The molecule has 0 bridgehead atoms. The van der Waals surface area contributed by atoms with Gasteiger partial charge in [0.2, 0.25) is 0 Å². The molecule has 5 nitrogen and oxygen atoms in total. The summed E-state index contributed by atoms with van der Waals surface area (Å²) in [5.41, 5.74) is 0.915. The lowest BCUT2D eigenvalue weighted by Crippen LogP contribution is -2.42. The van der Waals surface area contributed by atoms with Crippen molar-refractivity contribution in [2.24, 2.45) is 5.92 Å². The lowest BCUT2D eigenvalue weighted by Gasteiger charge is -2.18. The molecule has 0 heterocycles. The molecular weight excluding hydrogens is 263 g/mol. The fourth-order valence-corrected chi connectivity index (χ4v) is 2.49. The third-order valence-corrected chi connectivity index (χ3v) is 3.52. The summed E-state index contributed by atoms with van der Waals surface area (Å²) in [6.07, 6.45) is 1.94. The topological polar surface area (TPSA) is 78.4 Å². The Morgan fingerprint density at radius 3 is 2.80 bits per heavy atom. The van der Waals surface area contributed by atoms with Crippen LogP contribution < -0.4 is 10.6 Å². The van der Waals surface area contributed by atoms with Crippen molar-refractivity contribution in [3.05, 3.63) is 29.6 Å². The second-order valence-electron chi connectivity index (χ2n) is 5.06. The van der Waals surface area contributed by atoms with Crippen LogP contribution in [-0.4, -0.2) is 23.1 Å². The second kappa shape index (κ2) is 5.90. The molecule has 0 aliphatic heterocycles. The molecular formula is C14H17FN2O3. The quantitative estimate of drug-likeness (QED) is 0.796. The number of nitrogens with one attached hydrogen (secondary N) is 2. The van der Waals surface area contributed by atoms with Crippen LogP contribution in [0.2, 0.25) is 0 Å². The van der Waals surface area contributed by atoms with Crippen LogP contribution in [0.25, 0.3) is 0 Å². The Kier molecular flexibility index (Phi) is 4.22. The first-order valence-corrected chi connectivity index (χ1v) is 6.54. The lowest BCUT2D eigenvalue weighted by molar-refractivity contribution is -0.142. The number of rotatable bonds is 3. The van der Waals surface area contributed by atoms with Crippen LogP contribution >= 0.6 is 0 Å². The monoisotopic (exact) mass is 280 g/mol. The standard InChI is InChI=1S/C14H17FN2O3/c1-8-5-6-10(15)12(7-8)17-14(20)16-11-4-2-3-9(11)13(18)19/h5-7,9,11H,2-4H2,1H3,(H,18,19)(H2,16,17,20). The van der Waals surface area contributed by atoms with E-state index in [9.17, 15) is 14.0 Å². The highest BCUT2D eigenvalue weighted by Gasteiger charge is 2.33. The summed E-state index contributed by atoms with van der Waals surface area (Å²) in [6.45, 7) is 1.79. The average Bonchev–Trinajstić information content (AvgIpc) is 2.82. The number of benzene rings is 1. The van der Waals surface area contributed by atoms with Gasteiger partial charge in [-0.1, -0.05) is 12.5 Å². The Hall–Kier alpha value is -2.11. The van der Waals surface area contributed by atoms with Crippen molar-refractivity contribution in [1.29, 1.82) is 0 Å². The Labute approximate surface area is 116 Å². The molecule has 1 aliphatic carbocycles. The molecule has 2 rings (SSSR count). The fourth-order valence-electron chi connectivity index (χ4n) is 2.49. The zero-order valence-corrected chi connectivity index (χ0v) is 11.1. The Bertz CT molecular complexity index is 533. The first-order valence-electron chi connectivity index (χ1n) is 6.54. The van der Waals surface area contributed by atoms with Crippen LogP contribution in [0.5, 0.6) is 0 Å². The predicted octanol–water partition coefficient (Wildman–Crippen LogP) is 2.51. The third-order valence-electron chi connectivity index (χ3n) is 3.52. The number of anilines is 1. The number of hydrogen-bond donors (Lipinski definition) is 3. The molecule has 20 heavy (non-hydrogen) atoms. The number of hydrogen-bond acceptors (Lipinski definition) is 2. The van der Waals surface area contributed by atoms with E-state index in [0.717, 1.165) is 12.0 Å². The van der Waals surface area contributed by atoms with E-state index in [2.05, 4.69) is 10.6 Å². The van der Waals surface area contributed by atoms with Gasteiger partial charge in [-0.3, -0.25) is 4.79 Å². The van der Waals surface area contributed by atoms with Gasteiger partial charge in [0, 0.05) is 6.04 Å². The van der Waals surface area contributed by atoms with Crippen molar-refractivity contribution < 1.29 is 19.1 Å². The third kappa shape index (κ3) is 3.26. The molecule has 2 amide bonds. The summed E-state index contributed by atoms with van der Waals surface area (Å²) in [6, 6.07) is 3.43. The number of urea groups is 1. The van der Waals surface area contributed by atoms with Crippen LogP contribution in [0, 0.1) is 18.7 Å². The Morgan fingerprint density at radius 2 is 2.10 bits per heavy atom. The number of carbonyl (C=O) groups is 2. The number of carboxylic acids is 1. The van der Waals surface area contributed by atoms with E-state index in [1.807, 2.05) is 0 Å². The van der Waals surface area contributed by atoms with Gasteiger partial charge in [0.1, 0.15) is 5.82 Å². The van der Waals surface area contributed by atoms with Crippen molar-refractivity contribution in [2.75, 3.05) is 5.32 Å². The summed E-state index contributed by atoms with van der Waals surface area (Å²) in [7, 11) is 0. The number of amides is 2. The Balaban J connectivity index is 1.99. The Morgan fingerprint density at radius 1 is 1.35 bits per heavy atom. The van der Waals surface area contributed by atoms with Crippen molar-refractivity contribution in [3.8, 4) is 0 Å². The molecule has 0 aromatic heterocycles. The van der Waals surface area contributed by atoms with E-state index in [1.54, 1.807) is 13.0 Å². The van der Waals surface area contributed by atoms with E-state index in [-0.39, 0.29) is 5.69 Å². The molecule has 2 unspecified atom stereocenters. The zero-order valence-electron chi connectivity index (χ0n) is 11.1. The highest BCUT2D eigenvalue weighted by Crippen LogP contribution is 2.26. The van der Waals surface area contributed by atoms with Crippen molar-refractivity contribution in [1.82, 2.24) is 5.32 Å². The predicted molar refractivity (Wildman–Crippen MR) is 72.1 cm³/mol. The minimum atomic E-state index is -0.908. The number of aryl methyl sites for hydroxylation is 1. The average molecular weight is 280 g/mol. The minimum absolute atomic E-state index is 0.0902. The van der Waals surface area contributed by atoms with Crippen molar-refractivity contribution in [2.45, 2.75) is 32.2 Å². The molecule has 0 spiro atoms. The molecule has 1 fully saturated rings. The van der Waals surface area contributed by atoms with Gasteiger partial charge >= 0.3 is 12.0 Å². The fraction of sp³-hybridized carbons (Fsp3) is 0.429. The van der Waals surface area contributed by atoms with Gasteiger partial charge in [0.05, 0.1) is 11.6 Å². The van der Waals surface area contributed by atoms with Crippen LogP contribution in [0.15, 0.2) is 18.2 Å². The van der Waals surface area contributed by atoms with E-state index in [4.69, 9.17) is 5.11 Å². The lowest BCUT2D eigenvalue weighted by atomic mass is 10.0. The molecule has 1 aromatic rings. The van der Waals surface area contributed by atoms with E-state index >= 15 is 0 Å². The minimum Gasteiger partial charge on any atom is -0.481 e. The number of carboxylic acid groups (broad SMARTS) is 1. The maximum absolute atomic E-state index is 13.5. The summed E-state index contributed by atoms with van der Waals surface area (Å²) in [4.78, 5) is 22.8. The van der Waals surface area contributed by atoms with Crippen molar-refractivity contribution in [3.63, 3.8) is 0 Å². The van der Waals surface area contributed by atoms with Gasteiger partial charge in [-0.2, -0.15) is 0 Å². The van der Waals surface area contributed by atoms with Crippen LogP contribution in [0.1, 0.15) is 24.8 Å². The van der Waals surface area contributed by atoms with Gasteiger partial charge in [-0.15, -0.1) is 0 Å². The molecule has 6 heteroatoms. The molecule has 1 saturated carbocycles. The highest BCUT2D eigenvalue weighted by molar-refractivity contribution is 5.90. The van der Waals surface area contributed by atoms with E-state index in [0.29, 0.717) is 12.8 Å². The number of carbonyl (C=O) groups excluding carboxylic acids is 1. The summed E-state index contributed by atoms with van der Waals surface area (Å²) >= 11 is 0. The van der Waals surface area contributed by atoms with Crippen LogP contribution in [-0.2, 0) is 4.79 Å². The van der Waals surface area contributed by atoms with Crippen LogP contribution in [0.3, 0.4) is 0 Å². The molecule has 2 atom stereocenters. The van der Waals surface area contributed by atoms with Gasteiger partial charge in [-0.05, 0) is 37.5 Å². The van der Waals surface area contributed by atoms with E-state index < -0.39 is 29.8 Å². The molecule has 1 aromatic carbocycles. The van der Waals surface area contributed by atoms with Gasteiger partial charge in [0.15, 0.2) is 0 Å². The maximum Gasteiger partial charge on any atom is 0.319 e. The highest BCUT2D eigenvalue weighted by atomic mass is 19.1. The summed E-state index contributed by atoms with van der Waals surface area (Å²) < 4.78 is 13.5. The number of aliphatic carboxylic acids is 1. The van der Waals surface area contributed by atoms with Gasteiger partial charge in [0.25, 0.3) is 0 Å². The SMILES string of the molecule is Cc1ccc(F)c(NC(=O)NC2CCCC2C(=O)O)c1. The zero-order chi connectivity index (χ0) is 14.7. The first kappa shape index (κ1) is 14.3. The number of halogens is 1. The smallest absolute Gasteiger partial charge is 0.319 e. The normalized spacial score (nSPS) is 21.5. The van der Waals surface area contributed by atoms with E-state index in [1.165, 1.54) is 12.1 Å². The molecule has 108 valence electrons. The van der Waals surface area contributed by atoms with Crippen molar-refractivity contribution >= 4 is 17.7 Å². The molecule has 1 aliphatic rings. The maximum atomic E-state index is 13.5. The molecule has 0 saturated heterocycles. The summed E-state index contributed by atoms with van der Waals surface area (Å²) in [5.74, 6) is -2.00. The largest absolute Gasteiger partial charge is 0.481 e. The van der Waals surface area contributed by atoms with Gasteiger partial charge in [-0.25, -0.2) is 9.18 Å². The van der Waals surface area contributed by atoms with Gasteiger partial charge < -0.3 is 15.7 Å². The molecule has 0 radical (unpaired) electrons.